The smallest absolute Gasteiger partial charge is 0.306 e. The van der Waals surface area contributed by atoms with Crippen LogP contribution in [0.3, 0.4) is 0 Å². The summed E-state index contributed by atoms with van der Waals surface area (Å²) < 4.78 is 5.39. The highest BCUT2D eigenvalue weighted by atomic mass is 79.9. The summed E-state index contributed by atoms with van der Waals surface area (Å²) in [5, 5.41) is 0.966. The Labute approximate surface area is 102 Å². The third-order valence-corrected chi connectivity index (χ3v) is 2.96. The van der Waals surface area contributed by atoms with Crippen LogP contribution in [-0.2, 0) is 9.53 Å². The van der Waals surface area contributed by atoms with Crippen molar-refractivity contribution in [1.82, 2.24) is 0 Å². The Kier molecular flexibility index (Phi) is 10.4. The lowest BCUT2D eigenvalue weighted by molar-refractivity contribution is -0.149. The average Bonchev–Trinajstić information content (AvgIpc) is 2.24. The lowest BCUT2D eigenvalue weighted by Crippen LogP contribution is -2.17. The first-order valence-electron chi connectivity index (χ1n) is 6.00. The van der Waals surface area contributed by atoms with Crippen LogP contribution in [0, 0.1) is 0 Å². The van der Waals surface area contributed by atoms with Gasteiger partial charge in [-0.25, -0.2) is 0 Å². The first-order valence-corrected chi connectivity index (χ1v) is 7.12. The predicted molar refractivity (Wildman–Crippen MR) is 67.3 cm³/mol. The van der Waals surface area contributed by atoms with Gasteiger partial charge in [0.25, 0.3) is 0 Å². The van der Waals surface area contributed by atoms with Crippen molar-refractivity contribution in [2.75, 3.05) is 5.33 Å². The van der Waals surface area contributed by atoms with Crippen molar-refractivity contribution in [3.05, 3.63) is 0 Å². The third-order valence-electron chi connectivity index (χ3n) is 2.40. The van der Waals surface area contributed by atoms with Gasteiger partial charge >= 0.3 is 5.97 Å². The third kappa shape index (κ3) is 8.91. The summed E-state index contributed by atoms with van der Waals surface area (Å²) in [6.07, 6.45) is 6.93. The maximum atomic E-state index is 11.4. The van der Waals surface area contributed by atoms with Gasteiger partial charge in [0.15, 0.2) is 0 Å². The average molecular weight is 279 g/mol. The van der Waals surface area contributed by atoms with Crippen molar-refractivity contribution in [3.8, 4) is 0 Å². The Balaban J connectivity index is 3.60. The van der Waals surface area contributed by atoms with Crippen LogP contribution in [0.4, 0.5) is 0 Å². The van der Waals surface area contributed by atoms with Gasteiger partial charge in [0, 0.05) is 11.8 Å². The molecule has 0 rings (SSSR count). The molecule has 90 valence electrons. The summed E-state index contributed by atoms with van der Waals surface area (Å²) in [6.45, 7) is 4.23. The van der Waals surface area contributed by atoms with Crippen molar-refractivity contribution < 1.29 is 9.53 Å². The molecule has 0 amide bonds. The molecule has 0 saturated heterocycles. The van der Waals surface area contributed by atoms with Gasteiger partial charge in [0.05, 0.1) is 0 Å². The Morgan fingerprint density at radius 3 is 2.53 bits per heavy atom. The monoisotopic (exact) mass is 278 g/mol. The maximum Gasteiger partial charge on any atom is 0.306 e. The fourth-order valence-electron chi connectivity index (χ4n) is 1.39. The number of hydrogen-bond acceptors (Lipinski definition) is 2. The predicted octanol–water partition coefficient (Wildman–Crippen LogP) is 4.06. The molecular formula is C12H23BrO2. The molecule has 0 aromatic rings. The van der Waals surface area contributed by atoms with E-state index in [0.717, 1.165) is 43.9 Å². The van der Waals surface area contributed by atoms with Gasteiger partial charge in [0.2, 0.25) is 0 Å². The molecule has 15 heavy (non-hydrogen) atoms. The summed E-state index contributed by atoms with van der Waals surface area (Å²) in [7, 11) is 0. The van der Waals surface area contributed by atoms with Gasteiger partial charge in [0.1, 0.15) is 6.10 Å². The number of ether oxygens (including phenoxy) is 1. The van der Waals surface area contributed by atoms with Crippen LogP contribution in [-0.4, -0.2) is 17.4 Å². The Bertz CT molecular complexity index is 160. The SMILES string of the molecule is CCCCC(CC)OC(=O)CCCCBr. The summed E-state index contributed by atoms with van der Waals surface area (Å²) in [5.41, 5.74) is 0. The van der Waals surface area contributed by atoms with Crippen LogP contribution < -0.4 is 0 Å². The standard InChI is InChI=1S/C12H23BrO2/c1-3-5-8-11(4-2)15-12(14)9-6-7-10-13/h11H,3-10H2,1-2H3. The summed E-state index contributed by atoms with van der Waals surface area (Å²) in [6, 6.07) is 0. The minimum absolute atomic E-state index is 0.0288. The fraction of sp³-hybridized carbons (Fsp3) is 0.917. The molecule has 0 saturated carbocycles. The number of rotatable bonds is 9. The van der Waals surface area contributed by atoms with E-state index in [1.54, 1.807) is 0 Å². The summed E-state index contributed by atoms with van der Waals surface area (Å²) in [5.74, 6) is -0.0288. The molecular weight excluding hydrogens is 256 g/mol. The van der Waals surface area contributed by atoms with E-state index in [4.69, 9.17) is 4.74 Å². The molecule has 0 aliphatic heterocycles. The second-order valence-electron chi connectivity index (χ2n) is 3.81. The minimum Gasteiger partial charge on any atom is -0.462 e. The highest BCUT2D eigenvalue weighted by Gasteiger charge is 2.11. The van der Waals surface area contributed by atoms with Gasteiger partial charge in [-0.15, -0.1) is 0 Å². The second kappa shape index (κ2) is 10.5. The van der Waals surface area contributed by atoms with E-state index in [9.17, 15) is 4.79 Å². The molecule has 0 fully saturated rings. The molecule has 1 unspecified atom stereocenters. The number of carbonyl (C=O) groups is 1. The highest BCUT2D eigenvalue weighted by molar-refractivity contribution is 9.09. The number of carbonyl (C=O) groups excluding carboxylic acids is 1. The first-order chi connectivity index (χ1) is 7.24. The van der Waals surface area contributed by atoms with Crippen molar-refractivity contribution in [1.29, 1.82) is 0 Å². The topological polar surface area (TPSA) is 26.3 Å². The molecule has 2 nitrogen and oxygen atoms in total. The number of halogens is 1. The fourth-order valence-corrected chi connectivity index (χ4v) is 1.78. The molecule has 0 aliphatic carbocycles. The van der Waals surface area contributed by atoms with Gasteiger partial charge in [-0.2, -0.15) is 0 Å². The van der Waals surface area contributed by atoms with Crippen LogP contribution in [0.25, 0.3) is 0 Å². The summed E-state index contributed by atoms with van der Waals surface area (Å²) in [4.78, 5) is 11.4. The summed E-state index contributed by atoms with van der Waals surface area (Å²) >= 11 is 3.35. The van der Waals surface area contributed by atoms with E-state index >= 15 is 0 Å². The minimum atomic E-state index is -0.0288. The first kappa shape index (κ1) is 14.9. The van der Waals surface area contributed by atoms with Crippen molar-refractivity contribution in [3.63, 3.8) is 0 Å². The molecule has 0 radical (unpaired) electrons. The molecule has 0 aromatic carbocycles. The van der Waals surface area contributed by atoms with Crippen molar-refractivity contribution >= 4 is 21.9 Å². The van der Waals surface area contributed by atoms with E-state index in [1.165, 1.54) is 0 Å². The molecule has 0 aliphatic rings. The highest BCUT2D eigenvalue weighted by Crippen LogP contribution is 2.10. The molecule has 0 bridgehead atoms. The van der Waals surface area contributed by atoms with Crippen LogP contribution >= 0.6 is 15.9 Å². The lowest BCUT2D eigenvalue weighted by Gasteiger charge is -2.15. The van der Waals surface area contributed by atoms with Gasteiger partial charge < -0.3 is 4.74 Å². The lowest BCUT2D eigenvalue weighted by atomic mass is 10.1. The van der Waals surface area contributed by atoms with Crippen molar-refractivity contribution in [2.24, 2.45) is 0 Å². The largest absolute Gasteiger partial charge is 0.462 e. The number of unbranched alkanes of at least 4 members (excludes halogenated alkanes) is 2. The van der Waals surface area contributed by atoms with E-state index in [-0.39, 0.29) is 12.1 Å². The Morgan fingerprint density at radius 1 is 1.27 bits per heavy atom. The van der Waals surface area contributed by atoms with E-state index in [2.05, 4.69) is 29.8 Å². The number of hydrogen-bond donors (Lipinski definition) is 0. The Morgan fingerprint density at radius 2 is 2.00 bits per heavy atom. The zero-order chi connectivity index (χ0) is 11.5. The molecule has 0 aromatic heterocycles. The van der Waals surface area contributed by atoms with E-state index in [0.29, 0.717) is 6.42 Å². The van der Waals surface area contributed by atoms with E-state index in [1.807, 2.05) is 0 Å². The van der Waals surface area contributed by atoms with Crippen LogP contribution in [0.1, 0.15) is 58.8 Å². The van der Waals surface area contributed by atoms with E-state index < -0.39 is 0 Å². The van der Waals surface area contributed by atoms with Gasteiger partial charge in [-0.05, 0) is 25.7 Å². The Hall–Kier alpha value is -0.0500. The zero-order valence-corrected chi connectivity index (χ0v) is 11.5. The quantitative estimate of drug-likeness (QED) is 0.361. The maximum absolute atomic E-state index is 11.4. The zero-order valence-electron chi connectivity index (χ0n) is 9.93. The van der Waals surface area contributed by atoms with Crippen LogP contribution in [0.5, 0.6) is 0 Å². The number of esters is 1. The van der Waals surface area contributed by atoms with Crippen molar-refractivity contribution in [2.45, 2.75) is 64.9 Å². The van der Waals surface area contributed by atoms with Gasteiger partial charge in [-0.1, -0.05) is 42.6 Å². The van der Waals surface area contributed by atoms with Crippen LogP contribution in [0.2, 0.25) is 0 Å². The molecule has 0 N–H and O–H groups in total. The molecule has 0 heterocycles. The van der Waals surface area contributed by atoms with Crippen LogP contribution in [0.15, 0.2) is 0 Å². The number of alkyl halides is 1. The second-order valence-corrected chi connectivity index (χ2v) is 4.60. The molecule has 1 atom stereocenters. The normalized spacial score (nSPS) is 12.5. The molecule has 3 heteroatoms. The molecule has 0 spiro atoms. The van der Waals surface area contributed by atoms with Gasteiger partial charge in [-0.3, -0.25) is 4.79 Å².